The third kappa shape index (κ3) is 6.87. The first-order valence-electron chi connectivity index (χ1n) is 17.9. The average molecular weight is 691 g/mol. The van der Waals surface area contributed by atoms with Crippen LogP contribution in [0, 0.1) is 5.92 Å². The summed E-state index contributed by atoms with van der Waals surface area (Å²) in [5.74, 6) is 0.918. The largest absolute Gasteiger partial charge is 0.496 e. The number of pyridine rings is 1. The molecule has 2 saturated heterocycles. The minimum Gasteiger partial charge on any atom is -0.496 e. The molecular formula is C37H42N10O4. The number of anilines is 1. The molecule has 8 rings (SSSR count). The maximum atomic E-state index is 13.5. The van der Waals surface area contributed by atoms with Crippen molar-refractivity contribution in [3.63, 3.8) is 0 Å². The molecule has 0 radical (unpaired) electrons. The molecule has 51 heavy (non-hydrogen) atoms. The fourth-order valence-corrected chi connectivity index (χ4v) is 7.71. The number of methoxy groups -OCH3 is 1. The number of piperazine rings is 1. The topological polar surface area (TPSA) is 152 Å². The van der Waals surface area contributed by atoms with E-state index < -0.39 is 0 Å². The summed E-state index contributed by atoms with van der Waals surface area (Å²) in [6.45, 7) is 4.96. The summed E-state index contributed by atoms with van der Waals surface area (Å²) < 4.78 is 9.08. The number of imidazole rings is 1. The first-order chi connectivity index (χ1) is 24.9. The lowest BCUT2D eigenvalue weighted by Gasteiger charge is -2.37. The molecule has 5 aromatic rings. The minimum atomic E-state index is -0.357. The quantitative estimate of drug-likeness (QED) is 0.220. The fraction of sp³-hybridized carbons (Fsp3) is 0.432. The van der Waals surface area contributed by atoms with E-state index in [4.69, 9.17) is 9.84 Å². The number of imide groups is 1. The van der Waals surface area contributed by atoms with E-state index in [0.29, 0.717) is 41.4 Å². The molecule has 3 aliphatic rings. The van der Waals surface area contributed by atoms with Gasteiger partial charge in [-0.05, 0) is 81.3 Å². The van der Waals surface area contributed by atoms with Crippen LogP contribution < -0.4 is 20.3 Å². The predicted molar refractivity (Wildman–Crippen MR) is 190 cm³/mol. The molecule has 1 saturated carbocycles. The molecule has 14 nitrogen and oxygen atoms in total. The molecule has 1 unspecified atom stereocenters. The van der Waals surface area contributed by atoms with Gasteiger partial charge in [-0.1, -0.05) is 0 Å². The van der Waals surface area contributed by atoms with E-state index in [1.165, 1.54) is 6.42 Å². The van der Waals surface area contributed by atoms with Crippen LogP contribution >= 0.6 is 0 Å². The van der Waals surface area contributed by atoms with Crippen molar-refractivity contribution < 1.29 is 19.1 Å². The molecule has 14 heteroatoms. The number of carbonyl (C=O) groups is 3. The monoisotopic (exact) mass is 690 g/mol. The van der Waals surface area contributed by atoms with Crippen molar-refractivity contribution in [3.8, 4) is 11.6 Å². The summed E-state index contributed by atoms with van der Waals surface area (Å²) in [6.07, 6.45) is 13.3. The highest BCUT2D eigenvalue weighted by Crippen LogP contribution is 2.30. The number of piperidine rings is 1. The van der Waals surface area contributed by atoms with Crippen LogP contribution in [0.3, 0.4) is 0 Å². The van der Waals surface area contributed by atoms with E-state index in [1.807, 2.05) is 48.8 Å². The van der Waals surface area contributed by atoms with E-state index in [2.05, 4.69) is 35.5 Å². The van der Waals surface area contributed by atoms with Crippen molar-refractivity contribution in [2.24, 2.45) is 5.92 Å². The summed E-state index contributed by atoms with van der Waals surface area (Å²) in [4.78, 5) is 51.1. The standard InChI is InChI=1S/C37H42N10O4/c1-51-32-20-31-25(23-46(43-31)35-22-39-33-3-2-13-40-47(33)35)19-29(32)37(50)41-26-6-4-24(5-7-26)12-14-44-15-17-45(18-16-44)27-8-10-30(38-21-27)28-9-11-34(48)42-36(28)49/h2-3,8,10,13,19-24,26,28H,4-7,9,11-12,14-18H2,1H3,(H,41,50)(H,42,48,49). The van der Waals surface area contributed by atoms with Gasteiger partial charge >= 0.3 is 0 Å². The molecule has 6 heterocycles. The number of hydrogen-bond donors (Lipinski definition) is 2. The van der Waals surface area contributed by atoms with Gasteiger partial charge in [0.15, 0.2) is 11.5 Å². The Labute approximate surface area is 295 Å². The molecule has 0 bridgehead atoms. The Morgan fingerprint density at radius 2 is 1.84 bits per heavy atom. The minimum absolute atomic E-state index is 0.125. The number of rotatable bonds is 9. The highest BCUT2D eigenvalue weighted by Gasteiger charge is 2.30. The Hall–Kier alpha value is -5.37. The number of ether oxygens (including phenoxy) is 1. The van der Waals surface area contributed by atoms with Crippen molar-refractivity contribution in [1.82, 2.24) is 44.9 Å². The van der Waals surface area contributed by atoms with E-state index in [1.54, 1.807) is 28.7 Å². The zero-order chi connectivity index (χ0) is 34.9. The highest BCUT2D eigenvalue weighted by atomic mass is 16.5. The number of carbonyl (C=O) groups excluding carboxylic acids is 3. The van der Waals surface area contributed by atoms with Crippen molar-refractivity contribution in [2.45, 2.75) is 56.9 Å². The Morgan fingerprint density at radius 1 is 1.00 bits per heavy atom. The maximum Gasteiger partial charge on any atom is 0.255 e. The zero-order valence-electron chi connectivity index (χ0n) is 28.7. The maximum absolute atomic E-state index is 13.5. The van der Waals surface area contributed by atoms with Crippen LogP contribution in [0.1, 0.15) is 66.9 Å². The molecule has 1 atom stereocenters. The second-order valence-corrected chi connectivity index (χ2v) is 13.8. The van der Waals surface area contributed by atoms with Crippen molar-refractivity contribution in [2.75, 3.05) is 44.7 Å². The van der Waals surface area contributed by atoms with E-state index >= 15 is 0 Å². The van der Waals surface area contributed by atoms with Gasteiger partial charge in [-0.2, -0.15) is 14.7 Å². The Bertz CT molecular complexity index is 2060. The summed E-state index contributed by atoms with van der Waals surface area (Å²) in [6, 6.07) is 11.5. The first kappa shape index (κ1) is 32.8. The van der Waals surface area contributed by atoms with E-state index in [9.17, 15) is 14.4 Å². The third-order valence-electron chi connectivity index (χ3n) is 10.7. The summed E-state index contributed by atoms with van der Waals surface area (Å²) in [5.41, 5.74) is 3.74. The van der Waals surface area contributed by atoms with Crippen molar-refractivity contribution >= 4 is 40.0 Å². The van der Waals surface area contributed by atoms with Gasteiger partial charge < -0.3 is 15.0 Å². The number of nitrogens with one attached hydrogen (secondary N) is 2. The molecule has 264 valence electrons. The summed E-state index contributed by atoms with van der Waals surface area (Å²) in [5, 5.41) is 15.6. The number of aromatic nitrogens is 6. The number of benzene rings is 1. The van der Waals surface area contributed by atoms with Gasteiger partial charge in [0, 0.05) is 62.5 Å². The molecule has 3 amide bonds. The number of nitrogens with zero attached hydrogens (tertiary/aromatic N) is 8. The fourth-order valence-electron chi connectivity index (χ4n) is 7.71. The second-order valence-electron chi connectivity index (χ2n) is 13.8. The predicted octanol–water partition coefficient (Wildman–Crippen LogP) is 3.49. The summed E-state index contributed by atoms with van der Waals surface area (Å²) in [7, 11) is 1.58. The SMILES string of the molecule is COc1cc2nn(-c3cnc4cccnn34)cc2cc1C(=O)NC1CCC(CCN2CCN(c3ccc(C4CCC(=O)NC4=O)nc3)CC2)CC1. The van der Waals surface area contributed by atoms with Gasteiger partial charge in [-0.15, -0.1) is 0 Å². The molecule has 2 aliphatic heterocycles. The van der Waals surface area contributed by atoms with Crippen LogP contribution in [0.2, 0.25) is 0 Å². The van der Waals surface area contributed by atoms with Crippen LogP contribution in [0.25, 0.3) is 22.4 Å². The van der Waals surface area contributed by atoms with Crippen LogP contribution in [0.4, 0.5) is 5.69 Å². The normalized spacial score (nSPS) is 21.6. The lowest BCUT2D eigenvalue weighted by molar-refractivity contribution is -0.134. The third-order valence-corrected chi connectivity index (χ3v) is 10.7. The highest BCUT2D eigenvalue weighted by molar-refractivity contribution is 6.01. The number of amides is 3. The summed E-state index contributed by atoms with van der Waals surface area (Å²) >= 11 is 0. The van der Waals surface area contributed by atoms with Gasteiger partial charge in [0.05, 0.1) is 47.9 Å². The van der Waals surface area contributed by atoms with Crippen LogP contribution in [0.5, 0.6) is 5.75 Å². The molecule has 3 fully saturated rings. The van der Waals surface area contributed by atoms with Crippen LogP contribution in [0.15, 0.2) is 61.2 Å². The number of fused-ring (bicyclic) bond motifs is 2. The van der Waals surface area contributed by atoms with Gasteiger partial charge in [-0.25, -0.2) is 9.67 Å². The molecule has 1 aromatic carbocycles. The van der Waals surface area contributed by atoms with Gasteiger partial charge in [0.25, 0.3) is 5.91 Å². The number of hydrogen-bond acceptors (Lipinski definition) is 10. The van der Waals surface area contributed by atoms with Crippen LogP contribution in [-0.2, 0) is 9.59 Å². The second kappa shape index (κ2) is 14.1. The molecule has 4 aromatic heterocycles. The average Bonchev–Trinajstić information content (AvgIpc) is 3.78. The molecule has 1 aliphatic carbocycles. The lowest BCUT2D eigenvalue weighted by Crippen LogP contribution is -2.47. The zero-order valence-corrected chi connectivity index (χ0v) is 28.7. The van der Waals surface area contributed by atoms with Gasteiger partial charge in [0.1, 0.15) is 5.75 Å². The molecular weight excluding hydrogens is 648 g/mol. The first-order valence-corrected chi connectivity index (χ1v) is 17.9. The van der Waals surface area contributed by atoms with Crippen molar-refractivity contribution in [1.29, 1.82) is 0 Å². The van der Waals surface area contributed by atoms with E-state index in [0.717, 1.165) is 80.8 Å². The van der Waals surface area contributed by atoms with E-state index in [-0.39, 0.29) is 29.7 Å². The Kier molecular flexibility index (Phi) is 9.07. The Morgan fingerprint density at radius 3 is 2.61 bits per heavy atom. The van der Waals surface area contributed by atoms with Gasteiger partial charge in [0.2, 0.25) is 11.8 Å². The smallest absolute Gasteiger partial charge is 0.255 e. The lowest BCUT2D eigenvalue weighted by atomic mass is 9.84. The Balaban J connectivity index is 0.799. The van der Waals surface area contributed by atoms with Gasteiger partial charge in [-0.3, -0.25) is 29.6 Å². The molecule has 0 spiro atoms. The molecule has 2 N–H and O–H groups in total. The van der Waals surface area contributed by atoms with Crippen LogP contribution in [-0.4, -0.2) is 97.9 Å². The van der Waals surface area contributed by atoms with Crippen molar-refractivity contribution in [3.05, 3.63) is 72.4 Å².